The number of nitrogen functional groups attached to an aromatic ring is 1. The van der Waals surface area contributed by atoms with E-state index in [1.165, 1.54) is 0 Å². The van der Waals surface area contributed by atoms with Gasteiger partial charge in [0, 0.05) is 22.3 Å². The largest absolute Gasteiger partial charge is 0.399 e. The molecule has 0 amide bonds. The summed E-state index contributed by atoms with van der Waals surface area (Å²) in [5.74, 6) is 1.03. The predicted molar refractivity (Wildman–Crippen MR) is 85.7 cm³/mol. The molecule has 0 unspecified atom stereocenters. The number of halogens is 1. The molecule has 0 spiro atoms. The number of anilines is 1. The Bertz CT molecular complexity index is 588. The van der Waals surface area contributed by atoms with Crippen molar-refractivity contribution >= 4 is 21.6 Å². The van der Waals surface area contributed by atoms with E-state index in [9.17, 15) is 0 Å². The van der Waals surface area contributed by atoms with Gasteiger partial charge in [0.2, 0.25) is 5.82 Å². The Kier molecular flexibility index (Phi) is 5.00. The van der Waals surface area contributed by atoms with Crippen molar-refractivity contribution in [2.45, 2.75) is 39.2 Å². The summed E-state index contributed by atoms with van der Waals surface area (Å²) in [5.41, 5.74) is 6.78. The zero-order valence-electron chi connectivity index (χ0n) is 12.5. The Hall–Kier alpha value is -1.40. The SMILES string of the molecule is CCOC(CC)(CC)c1noc(-c2cc(N)cc(Br)c2)n1. The number of hydrogen-bond acceptors (Lipinski definition) is 5. The zero-order valence-corrected chi connectivity index (χ0v) is 14.1. The first kappa shape index (κ1) is 16.0. The van der Waals surface area contributed by atoms with Gasteiger partial charge in [-0.05, 0) is 38.0 Å². The molecule has 0 saturated heterocycles. The first-order valence-electron chi connectivity index (χ1n) is 7.09. The Morgan fingerprint density at radius 3 is 2.52 bits per heavy atom. The highest BCUT2D eigenvalue weighted by atomic mass is 79.9. The lowest BCUT2D eigenvalue weighted by Crippen LogP contribution is -2.29. The van der Waals surface area contributed by atoms with Crippen LogP contribution in [0.15, 0.2) is 27.2 Å². The maximum atomic E-state index is 5.89. The smallest absolute Gasteiger partial charge is 0.258 e. The summed E-state index contributed by atoms with van der Waals surface area (Å²) >= 11 is 3.41. The highest BCUT2D eigenvalue weighted by Crippen LogP contribution is 2.33. The average Bonchev–Trinajstić information content (AvgIpc) is 2.94. The molecular weight excluding hydrogens is 334 g/mol. The number of hydrogen-bond donors (Lipinski definition) is 1. The van der Waals surface area contributed by atoms with Gasteiger partial charge < -0.3 is 15.0 Å². The number of ether oxygens (including phenoxy) is 1. The van der Waals surface area contributed by atoms with Crippen LogP contribution < -0.4 is 5.73 Å². The van der Waals surface area contributed by atoms with Crippen LogP contribution in [0.3, 0.4) is 0 Å². The maximum Gasteiger partial charge on any atom is 0.258 e. The quantitative estimate of drug-likeness (QED) is 0.790. The third kappa shape index (κ3) is 3.27. The first-order valence-corrected chi connectivity index (χ1v) is 7.88. The van der Waals surface area contributed by atoms with E-state index in [2.05, 4.69) is 39.9 Å². The van der Waals surface area contributed by atoms with Crippen LogP contribution in [0.25, 0.3) is 11.5 Å². The van der Waals surface area contributed by atoms with Gasteiger partial charge >= 0.3 is 0 Å². The van der Waals surface area contributed by atoms with Crippen LogP contribution >= 0.6 is 15.9 Å². The molecular formula is C15H20BrN3O2. The number of aromatic nitrogens is 2. The molecule has 0 bridgehead atoms. The third-order valence-electron chi connectivity index (χ3n) is 3.56. The number of nitrogens with two attached hydrogens (primary N) is 1. The first-order chi connectivity index (χ1) is 10.0. The monoisotopic (exact) mass is 353 g/mol. The Morgan fingerprint density at radius 1 is 1.24 bits per heavy atom. The lowest BCUT2D eigenvalue weighted by molar-refractivity contribution is -0.0583. The van der Waals surface area contributed by atoms with Gasteiger partial charge in [0.15, 0.2) is 0 Å². The fourth-order valence-electron chi connectivity index (χ4n) is 2.37. The van der Waals surface area contributed by atoms with Crippen LogP contribution in [-0.4, -0.2) is 16.7 Å². The highest BCUT2D eigenvalue weighted by Gasteiger charge is 2.34. The van der Waals surface area contributed by atoms with Crippen molar-refractivity contribution in [1.29, 1.82) is 0 Å². The summed E-state index contributed by atoms with van der Waals surface area (Å²) in [6.45, 7) is 6.70. The van der Waals surface area contributed by atoms with Gasteiger partial charge in [-0.15, -0.1) is 0 Å². The molecule has 2 aromatic rings. The molecule has 2 rings (SSSR count). The second-order valence-corrected chi connectivity index (χ2v) is 5.75. The van der Waals surface area contributed by atoms with Crippen molar-refractivity contribution in [1.82, 2.24) is 10.1 Å². The van der Waals surface area contributed by atoms with E-state index >= 15 is 0 Å². The standard InChI is InChI=1S/C15H20BrN3O2/c1-4-15(5-2,20-6-3)14-18-13(21-19-14)10-7-11(16)9-12(17)8-10/h7-9H,4-6,17H2,1-3H3. The zero-order chi connectivity index (χ0) is 15.5. The summed E-state index contributed by atoms with van der Waals surface area (Å²) in [5, 5.41) is 4.12. The predicted octanol–water partition coefficient (Wildman–Crippen LogP) is 4.13. The molecule has 0 fully saturated rings. The van der Waals surface area contributed by atoms with E-state index in [-0.39, 0.29) is 0 Å². The third-order valence-corrected chi connectivity index (χ3v) is 4.02. The van der Waals surface area contributed by atoms with Gasteiger partial charge in [-0.25, -0.2) is 0 Å². The molecule has 0 aliphatic rings. The summed E-state index contributed by atoms with van der Waals surface area (Å²) in [7, 11) is 0. The minimum absolute atomic E-state index is 0.448. The van der Waals surface area contributed by atoms with Crippen LogP contribution in [0, 0.1) is 0 Å². The van der Waals surface area contributed by atoms with E-state index in [4.69, 9.17) is 15.0 Å². The van der Waals surface area contributed by atoms with Crippen molar-refractivity contribution in [3.05, 3.63) is 28.5 Å². The summed E-state index contributed by atoms with van der Waals surface area (Å²) in [6, 6.07) is 5.53. The second kappa shape index (κ2) is 6.58. The molecule has 0 aliphatic heterocycles. The fraction of sp³-hybridized carbons (Fsp3) is 0.467. The fourth-order valence-corrected chi connectivity index (χ4v) is 2.88. The maximum absolute atomic E-state index is 5.89. The van der Waals surface area contributed by atoms with Crippen molar-refractivity contribution in [3.63, 3.8) is 0 Å². The Morgan fingerprint density at radius 2 is 1.95 bits per heavy atom. The van der Waals surface area contributed by atoms with E-state index in [1.54, 1.807) is 0 Å². The van der Waals surface area contributed by atoms with Crippen molar-refractivity contribution in [2.24, 2.45) is 0 Å². The summed E-state index contributed by atoms with van der Waals surface area (Å²) in [6.07, 6.45) is 1.58. The molecule has 1 aromatic heterocycles. The van der Waals surface area contributed by atoms with Crippen LogP contribution in [0.4, 0.5) is 5.69 Å². The second-order valence-electron chi connectivity index (χ2n) is 4.83. The van der Waals surface area contributed by atoms with Crippen LogP contribution in [0.5, 0.6) is 0 Å². The highest BCUT2D eigenvalue weighted by molar-refractivity contribution is 9.10. The summed E-state index contributed by atoms with van der Waals surface area (Å²) in [4.78, 5) is 4.52. The Balaban J connectivity index is 2.40. The molecule has 0 saturated carbocycles. The topological polar surface area (TPSA) is 74.2 Å². The Labute approximate surface area is 133 Å². The molecule has 2 N–H and O–H groups in total. The normalized spacial score (nSPS) is 11.8. The molecule has 6 heteroatoms. The van der Waals surface area contributed by atoms with Gasteiger partial charge in [0.05, 0.1) is 0 Å². The van der Waals surface area contributed by atoms with Crippen LogP contribution in [0.1, 0.15) is 39.4 Å². The summed E-state index contributed by atoms with van der Waals surface area (Å²) < 4.78 is 12.2. The lowest BCUT2D eigenvalue weighted by Gasteiger charge is -2.27. The van der Waals surface area contributed by atoms with Crippen LogP contribution in [-0.2, 0) is 10.3 Å². The van der Waals surface area contributed by atoms with E-state index in [1.807, 2.05) is 25.1 Å². The van der Waals surface area contributed by atoms with Gasteiger partial charge in [0.1, 0.15) is 5.60 Å². The molecule has 5 nitrogen and oxygen atoms in total. The van der Waals surface area contributed by atoms with Crippen molar-refractivity contribution in [3.8, 4) is 11.5 Å². The van der Waals surface area contributed by atoms with Gasteiger partial charge in [0.25, 0.3) is 5.89 Å². The van der Waals surface area contributed by atoms with Crippen molar-refractivity contribution in [2.75, 3.05) is 12.3 Å². The molecule has 21 heavy (non-hydrogen) atoms. The minimum Gasteiger partial charge on any atom is -0.399 e. The molecule has 1 aromatic carbocycles. The van der Waals surface area contributed by atoms with E-state index in [0.717, 1.165) is 22.9 Å². The molecule has 0 aliphatic carbocycles. The van der Waals surface area contributed by atoms with E-state index in [0.29, 0.717) is 24.0 Å². The average molecular weight is 354 g/mol. The molecule has 0 radical (unpaired) electrons. The molecule has 1 heterocycles. The van der Waals surface area contributed by atoms with Gasteiger partial charge in [-0.3, -0.25) is 0 Å². The number of benzene rings is 1. The molecule has 0 atom stereocenters. The van der Waals surface area contributed by atoms with E-state index < -0.39 is 5.60 Å². The lowest BCUT2D eigenvalue weighted by atomic mass is 9.96. The van der Waals surface area contributed by atoms with Gasteiger partial charge in [-0.1, -0.05) is 34.9 Å². The number of nitrogens with zero attached hydrogens (tertiary/aromatic N) is 2. The van der Waals surface area contributed by atoms with Crippen LogP contribution in [0.2, 0.25) is 0 Å². The van der Waals surface area contributed by atoms with Gasteiger partial charge in [-0.2, -0.15) is 4.98 Å². The molecule has 114 valence electrons. The number of rotatable bonds is 6. The minimum atomic E-state index is -0.492. The van der Waals surface area contributed by atoms with Crippen molar-refractivity contribution < 1.29 is 9.26 Å².